The number of ether oxygens (including phenoxy) is 2. The van der Waals surface area contributed by atoms with Gasteiger partial charge in [-0.25, -0.2) is 14.6 Å². The van der Waals surface area contributed by atoms with E-state index in [0.29, 0.717) is 0 Å². The van der Waals surface area contributed by atoms with E-state index in [1.807, 2.05) is 0 Å². The molecule has 0 amide bonds. The molecule has 0 bridgehead atoms. The molecule has 0 unspecified atom stereocenters. The van der Waals surface area contributed by atoms with Crippen molar-refractivity contribution < 1.29 is 19.1 Å². The highest BCUT2D eigenvalue weighted by Crippen LogP contribution is 1.95. The van der Waals surface area contributed by atoms with E-state index in [4.69, 9.17) is 9.47 Å². The summed E-state index contributed by atoms with van der Waals surface area (Å²) < 4.78 is 9.44. The van der Waals surface area contributed by atoms with Crippen molar-refractivity contribution in [1.82, 2.24) is 0 Å². The summed E-state index contributed by atoms with van der Waals surface area (Å²) in [7, 11) is 0. The van der Waals surface area contributed by atoms with Gasteiger partial charge < -0.3 is 9.47 Å². The van der Waals surface area contributed by atoms with Crippen molar-refractivity contribution in [2.45, 2.75) is 6.04 Å². The van der Waals surface area contributed by atoms with E-state index in [1.54, 1.807) is 0 Å². The fourth-order valence-electron chi connectivity index (χ4n) is 0.672. The summed E-state index contributed by atoms with van der Waals surface area (Å²) in [6, 6.07) is -0.565. The third kappa shape index (κ3) is 6.64. The number of hydrogen-bond donors (Lipinski definition) is 0. The van der Waals surface area contributed by atoms with Gasteiger partial charge in [0.1, 0.15) is 19.3 Å². The van der Waals surface area contributed by atoms with Crippen LogP contribution < -0.4 is 0 Å². The molecular weight excluding hydrogens is 230 g/mol. The minimum absolute atomic E-state index is 0.0566. The van der Waals surface area contributed by atoms with E-state index in [-0.39, 0.29) is 13.2 Å². The number of carbonyl (C=O) groups is 2. The van der Waals surface area contributed by atoms with Gasteiger partial charge in [0.25, 0.3) is 0 Å². The fourth-order valence-corrected chi connectivity index (χ4v) is 0.821. The normalized spacial score (nSPS) is 8.81. The first-order valence-corrected chi connectivity index (χ1v) is 4.70. The van der Waals surface area contributed by atoms with E-state index in [2.05, 4.69) is 35.5 Å². The average molecular weight is 241 g/mol. The van der Waals surface area contributed by atoms with Crippen LogP contribution in [0.25, 0.3) is 0 Å². The highest BCUT2D eigenvalue weighted by atomic mass is 32.1. The van der Waals surface area contributed by atoms with Gasteiger partial charge in [-0.1, -0.05) is 13.2 Å². The molecule has 0 fully saturated rings. The molecule has 0 heterocycles. The summed E-state index contributed by atoms with van der Waals surface area (Å²) in [4.78, 5) is 25.2. The van der Waals surface area contributed by atoms with Gasteiger partial charge >= 0.3 is 11.9 Å². The Bertz CT molecular complexity index is 310. The van der Waals surface area contributed by atoms with E-state index in [9.17, 15) is 9.59 Å². The quantitative estimate of drug-likeness (QED) is 0.287. The van der Waals surface area contributed by atoms with Gasteiger partial charge in [0, 0.05) is 12.2 Å². The van der Waals surface area contributed by atoms with E-state index >= 15 is 0 Å². The third-order valence-electron chi connectivity index (χ3n) is 1.40. The molecule has 0 aromatic carbocycles. The third-order valence-corrected chi connectivity index (χ3v) is 1.51. The topological polar surface area (TPSA) is 65.0 Å². The van der Waals surface area contributed by atoms with Crippen LogP contribution in [0.3, 0.4) is 0 Å². The second-order valence-electron chi connectivity index (χ2n) is 2.54. The monoisotopic (exact) mass is 241 g/mol. The maximum Gasteiger partial charge on any atom is 0.330 e. The zero-order valence-electron chi connectivity index (χ0n) is 8.55. The molecule has 0 radical (unpaired) electrons. The molecule has 6 heteroatoms. The number of isothiocyanates is 1. The predicted molar refractivity (Wildman–Crippen MR) is 61.1 cm³/mol. The number of esters is 2. The van der Waals surface area contributed by atoms with Gasteiger partial charge in [-0.3, -0.25) is 0 Å². The molecule has 0 aliphatic rings. The van der Waals surface area contributed by atoms with Gasteiger partial charge in [-0.15, -0.1) is 0 Å². The fraction of sp³-hybridized carbons (Fsp3) is 0.300. The van der Waals surface area contributed by atoms with Crippen LogP contribution >= 0.6 is 12.2 Å². The summed E-state index contributed by atoms with van der Waals surface area (Å²) >= 11 is 4.41. The molecule has 0 aromatic heterocycles. The number of rotatable bonds is 7. The molecule has 0 atom stereocenters. The van der Waals surface area contributed by atoms with Crippen LogP contribution in [-0.4, -0.2) is 36.4 Å². The maximum atomic E-state index is 10.8. The number of hydrogen-bond acceptors (Lipinski definition) is 6. The molecule has 0 saturated carbocycles. The van der Waals surface area contributed by atoms with E-state index in [1.165, 1.54) is 0 Å². The molecule has 0 aromatic rings. The van der Waals surface area contributed by atoms with Crippen LogP contribution in [0.2, 0.25) is 0 Å². The summed E-state index contributed by atoms with van der Waals surface area (Å²) in [6.45, 7) is 6.35. The number of aliphatic imine (C=N–C) groups is 1. The molecule has 0 rings (SSSR count). The van der Waals surface area contributed by atoms with Gasteiger partial charge in [0.2, 0.25) is 0 Å². The Morgan fingerprint density at radius 3 is 2.00 bits per heavy atom. The summed E-state index contributed by atoms with van der Waals surface area (Å²) in [6.07, 6.45) is 2.04. The predicted octanol–water partition coefficient (Wildman–Crippen LogP) is 0.916. The summed E-state index contributed by atoms with van der Waals surface area (Å²) in [5.74, 6) is -1.17. The molecule has 0 N–H and O–H groups in total. The smallest absolute Gasteiger partial charge is 0.330 e. The molecule has 0 aliphatic carbocycles. The number of carbonyl (C=O) groups excluding carboxylic acids is 2. The zero-order chi connectivity index (χ0) is 12.4. The Balaban J connectivity index is 4.11. The second-order valence-corrected chi connectivity index (χ2v) is 2.73. The first kappa shape index (κ1) is 14.2. The SMILES string of the molecule is C=CC(=O)OCC(COC(=O)C=C)N=C=S. The molecule has 86 valence electrons. The maximum absolute atomic E-state index is 10.8. The lowest BCUT2D eigenvalue weighted by atomic mass is 10.3. The zero-order valence-corrected chi connectivity index (χ0v) is 9.37. The largest absolute Gasteiger partial charge is 0.460 e. The van der Waals surface area contributed by atoms with Crippen LogP contribution in [0.1, 0.15) is 0 Å². The minimum atomic E-state index is -0.584. The summed E-state index contributed by atoms with van der Waals surface area (Å²) in [5.41, 5.74) is 0. The molecule has 5 nitrogen and oxygen atoms in total. The van der Waals surface area contributed by atoms with Crippen LogP contribution in [-0.2, 0) is 19.1 Å². The Labute approximate surface area is 98.4 Å². The lowest BCUT2D eigenvalue weighted by Gasteiger charge is -2.10. The van der Waals surface area contributed by atoms with Crippen molar-refractivity contribution >= 4 is 29.3 Å². The Morgan fingerprint density at radius 1 is 1.25 bits per heavy atom. The van der Waals surface area contributed by atoms with Crippen molar-refractivity contribution in [3.05, 3.63) is 25.3 Å². The highest BCUT2D eigenvalue weighted by Gasteiger charge is 2.11. The Kier molecular flexibility index (Phi) is 7.57. The molecular formula is C10H11NO4S. The van der Waals surface area contributed by atoms with Crippen LogP contribution in [0.5, 0.6) is 0 Å². The number of thiocarbonyl (C=S) groups is 1. The van der Waals surface area contributed by atoms with E-state index < -0.39 is 18.0 Å². The van der Waals surface area contributed by atoms with Crippen LogP contribution in [0.4, 0.5) is 0 Å². The number of nitrogens with zero attached hydrogens (tertiary/aromatic N) is 1. The van der Waals surface area contributed by atoms with E-state index in [0.717, 1.165) is 12.2 Å². The van der Waals surface area contributed by atoms with Gasteiger partial charge in [-0.05, 0) is 12.2 Å². The standard InChI is InChI=1S/C10H11NO4S/c1-3-9(12)14-5-8(11-7-16)6-15-10(13)4-2/h3-4,8H,1-2,5-6H2. The molecule has 0 spiro atoms. The first-order chi connectivity index (χ1) is 7.63. The van der Waals surface area contributed by atoms with Crippen molar-refractivity contribution in [1.29, 1.82) is 0 Å². The highest BCUT2D eigenvalue weighted by molar-refractivity contribution is 7.78. The molecule has 0 aliphatic heterocycles. The Hall–Kier alpha value is -1.78. The van der Waals surface area contributed by atoms with Crippen molar-refractivity contribution in [2.24, 2.45) is 4.99 Å². The van der Waals surface area contributed by atoms with Gasteiger partial charge in [0.15, 0.2) is 0 Å². The second kappa shape index (κ2) is 8.52. The minimum Gasteiger partial charge on any atom is -0.460 e. The summed E-state index contributed by atoms with van der Waals surface area (Å²) in [5, 5.41) is 2.13. The van der Waals surface area contributed by atoms with Crippen LogP contribution in [0.15, 0.2) is 30.3 Å². The van der Waals surface area contributed by atoms with Gasteiger partial charge in [0.05, 0.1) is 5.16 Å². The molecule has 16 heavy (non-hydrogen) atoms. The first-order valence-electron chi connectivity index (χ1n) is 4.29. The van der Waals surface area contributed by atoms with Crippen molar-refractivity contribution in [2.75, 3.05) is 13.2 Å². The van der Waals surface area contributed by atoms with Crippen molar-refractivity contribution in [3.63, 3.8) is 0 Å². The lowest BCUT2D eigenvalue weighted by Crippen LogP contribution is -2.23. The molecule has 0 saturated heterocycles. The van der Waals surface area contributed by atoms with Crippen molar-refractivity contribution in [3.8, 4) is 0 Å². The lowest BCUT2D eigenvalue weighted by molar-refractivity contribution is -0.140. The van der Waals surface area contributed by atoms with Gasteiger partial charge in [-0.2, -0.15) is 0 Å². The Morgan fingerprint density at radius 2 is 1.69 bits per heavy atom. The average Bonchev–Trinajstić information content (AvgIpc) is 2.31. The van der Waals surface area contributed by atoms with Crippen LogP contribution in [0, 0.1) is 0 Å².